The van der Waals surface area contributed by atoms with Crippen LogP contribution in [0.25, 0.3) is 6.08 Å². The van der Waals surface area contributed by atoms with Crippen LogP contribution in [0.4, 0.5) is 4.79 Å². The van der Waals surface area contributed by atoms with E-state index in [2.05, 4.69) is 31.8 Å². The zero-order valence-corrected chi connectivity index (χ0v) is 16.1. The van der Waals surface area contributed by atoms with Gasteiger partial charge in [-0.2, -0.15) is 0 Å². The predicted octanol–water partition coefficient (Wildman–Crippen LogP) is 5.45. The second kappa shape index (κ2) is 7.82. The highest BCUT2D eigenvalue weighted by atomic mass is 16.5. The maximum absolute atomic E-state index is 11.6. The minimum Gasteiger partial charge on any atom is -0.465 e. The molecule has 0 bridgehead atoms. The third-order valence-corrected chi connectivity index (χ3v) is 4.84. The highest BCUT2D eigenvalue weighted by Crippen LogP contribution is 2.35. The molecule has 1 saturated heterocycles. The fourth-order valence-electron chi connectivity index (χ4n) is 3.45. The predicted molar refractivity (Wildman–Crippen MR) is 106 cm³/mol. The summed E-state index contributed by atoms with van der Waals surface area (Å²) >= 11 is 0. The number of amides is 1. The number of carbonyl (C=O) groups is 1. The highest BCUT2D eigenvalue weighted by molar-refractivity contribution is 5.66. The molecular formula is C22H26N2O3. The van der Waals surface area contributed by atoms with Crippen molar-refractivity contribution in [3.05, 3.63) is 59.8 Å². The Hall–Kier alpha value is -2.82. The van der Waals surface area contributed by atoms with Crippen molar-refractivity contribution in [2.24, 2.45) is 5.41 Å². The summed E-state index contributed by atoms with van der Waals surface area (Å²) < 4.78 is 5.81. The molecular weight excluding hydrogens is 340 g/mol. The number of rotatable bonds is 3. The molecule has 142 valence electrons. The van der Waals surface area contributed by atoms with Gasteiger partial charge in [-0.1, -0.05) is 50.6 Å². The van der Waals surface area contributed by atoms with Crippen molar-refractivity contribution in [1.29, 1.82) is 0 Å². The first-order valence-corrected chi connectivity index (χ1v) is 9.21. The zero-order chi connectivity index (χ0) is 19.4. The van der Waals surface area contributed by atoms with Crippen molar-refractivity contribution in [3.63, 3.8) is 0 Å². The van der Waals surface area contributed by atoms with Gasteiger partial charge in [0.2, 0.25) is 5.88 Å². The van der Waals surface area contributed by atoms with Gasteiger partial charge in [-0.25, -0.2) is 9.78 Å². The molecule has 1 aromatic carbocycles. The Bertz CT molecular complexity index is 825. The normalized spacial score (nSPS) is 19.1. The number of carboxylic acid groups (broad SMARTS) is 1. The van der Waals surface area contributed by atoms with Crippen LogP contribution in [0.15, 0.2) is 54.2 Å². The molecule has 2 aromatic rings. The van der Waals surface area contributed by atoms with E-state index in [4.69, 9.17) is 4.74 Å². The molecule has 1 fully saturated rings. The van der Waals surface area contributed by atoms with Crippen molar-refractivity contribution in [2.45, 2.75) is 39.7 Å². The lowest BCUT2D eigenvalue weighted by atomic mass is 9.79. The van der Waals surface area contributed by atoms with Gasteiger partial charge in [-0.05, 0) is 42.0 Å². The lowest BCUT2D eigenvalue weighted by molar-refractivity contribution is 0.0724. The van der Waals surface area contributed by atoms with E-state index >= 15 is 0 Å². The second-order valence-electron chi connectivity index (χ2n) is 7.96. The van der Waals surface area contributed by atoms with E-state index in [0.29, 0.717) is 12.4 Å². The summed E-state index contributed by atoms with van der Waals surface area (Å²) in [4.78, 5) is 17.3. The molecule has 0 spiro atoms. The van der Waals surface area contributed by atoms with Gasteiger partial charge in [-0.3, -0.25) is 0 Å². The summed E-state index contributed by atoms with van der Waals surface area (Å²) in [6.45, 7) is 6.82. The Morgan fingerprint density at radius 3 is 2.74 bits per heavy atom. The summed E-state index contributed by atoms with van der Waals surface area (Å²) in [5, 5.41) is 9.51. The van der Waals surface area contributed by atoms with Crippen molar-refractivity contribution in [3.8, 4) is 11.6 Å². The van der Waals surface area contributed by atoms with E-state index in [0.717, 1.165) is 24.2 Å². The van der Waals surface area contributed by atoms with E-state index in [1.54, 1.807) is 11.1 Å². The summed E-state index contributed by atoms with van der Waals surface area (Å²) in [5.41, 5.74) is 2.21. The van der Waals surface area contributed by atoms with Crippen LogP contribution in [0.1, 0.15) is 39.2 Å². The molecule has 0 aliphatic carbocycles. The van der Waals surface area contributed by atoms with E-state index < -0.39 is 6.09 Å². The number of pyridine rings is 1. The van der Waals surface area contributed by atoms with Crippen molar-refractivity contribution in [1.82, 2.24) is 9.88 Å². The monoisotopic (exact) mass is 366 g/mol. The van der Waals surface area contributed by atoms with Crippen LogP contribution in [0.2, 0.25) is 0 Å². The number of piperidine rings is 1. The largest absolute Gasteiger partial charge is 0.465 e. The van der Waals surface area contributed by atoms with Gasteiger partial charge < -0.3 is 14.7 Å². The smallest absolute Gasteiger partial charge is 0.407 e. The minimum absolute atomic E-state index is 0.0250. The minimum atomic E-state index is -0.834. The molecule has 5 nitrogen and oxygen atoms in total. The SMILES string of the molecule is CC(C)(C)C1CC(=Cc2cccc(Oc3ccccn3)c2)CCN1C(=O)O. The molecule has 2 heterocycles. The molecule has 1 amide bonds. The van der Waals surface area contributed by atoms with Gasteiger partial charge >= 0.3 is 6.09 Å². The number of nitrogens with zero attached hydrogens (tertiary/aromatic N) is 2. The molecule has 3 rings (SSSR count). The number of ether oxygens (including phenoxy) is 1. The first-order valence-electron chi connectivity index (χ1n) is 9.21. The lowest BCUT2D eigenvalue weighted by Gasteiger charge is -2.42. The highest BCUT2D eigenvalue weighted by Gasteiger charge is 2.36. The van der Waals surface area contributed by atoms with E-state index in [-0.39, 0.29) is 11.5 Å². The Morgan fingerprint density at radius 2 is 2.07 bits per heavy atom. The van der Waals surface area contributed by atoms with E-state index in [1.807, 2.05) is 42.5 Å². The first-order chi connectivity index (χ1) is 12.8. The van der Waals surface area contributed by atoms with Crippen LogP contribution in [-0.2, 0) is 0 Å². The van der Waals surface area contributed by atoms with E-state index in [1.165, 1.54) is 5.57 Å². The fourth-order valence-corrected chi connectivity index (χ4v) is 3.45. The second-order valence-corrected chi connectivity index (χ2v) is 7.96. The standard InChI is InChI=1S/C22H26N2O3/c1-22(2,3)19-15-17(10-12-24(19)21(25)26)13-16-7-6-8-18(14-16)27-20-9-4-5-11-23-20/h4-9,11,13-14,19H,10,12,15H2,1-3H3,(H,25,26). The number of hydrogen-bond donors (Lipinski definition) is 1. The third-order valence-electron chi connectivity index (χ3n) is 4.84. The number of benzene rings is 1. The average molecular weight is 366 g/mol. The van der Waals surface area contributed by atoms with Gasteiger partial charge in [0.1, 0.15) is 5.75 Å². The van der Waals surface area contributed by atoms with Crippen molar-refractivity contribution >= 4 is 12.2 Å². The quantitative estimate of drug-likeness (QED) is 0.785. The Balaban J connectivity index is 1.78. The Morgan fingerprint density at radius 1 is 1.26 bits per heavy atom. The average Bonchev–Trinajstić information content (AvgIpc) is 2.62. The van der Waals surface area contributed by atoms with E-state index in [9.17, 15) is 9.90 Å². The molecule has 1 aliphatic rings. The molecule has 0 saturated carbocycles. The van der Waals surface area contributed by atoms with Crippen molar-refractivity contribution < 1.29 is 14.6 Å². The van der Waals surface area contributed by atoms with Crippen molar-refractivity contribution in [2.75, 3.05) is 6.54 Å². The first kappa shape index (κ1) is 19.0. The maximum Gasteiger partial charge on any atom is 0.407 e. The van der Waals surface area contributed by atoms with Crippen LogP contribution in [0.5, 0.6) is 11.6 Å². The van der Waals surface area contributed by atoms with Gasteiger partial charge in [0.15, 0.2) is 0 Å². The van der Waals surface area contributed by atoms with Crippen LogP contribution < -0.4 is 4.74 Å². The lowest BCUT2D eigenvalue weighted by Crippen LogP contribution is -2.50. The maximum atomic E-state index is 11.6. The van der Waals surface area contributed by atoms with Crippen LogP contribution in [-0.4, -0.2) is 33.7 Å². The van der Waals surface area contributed by atoms with Crippen LogP contribution >= 0.6 is 0 Å². The number of aromatic nitrogens is 1. The molecule has 1 aliphatic heterocycles. The fraction of sp³-hybridized carbons (Fsp3) is 0.364. The van der Waals surface area contributed by atoms with Crippen LogP contribution in [0.3, 0.4) is 0 Å². The summed E-state index contributed by atoms with van der Waals surface area (Å²) in [5.74, 6) is 1.29. The van der Waals surface area contributed by atoms with Gasteiger partial charge in [0, 0.05) is 24.8 Å². The van der Waals surface area contributed by atoms with Crippen LogP contribution in [0, 0.1) is 5.41 Å². The van der Waals surface area contributed by atoms with Gasteiger partial charge in [-0.15, -0.1) is 0 Å². The number of likely N-dealkylation sites (tertiary alicyclic amines) is 1. The zero-order valence-electron chi connectivity index (χ0n) is 16.1. The molecule has 0 radical (unpaired) electrons. The summed E-state index contributed by atoms with van der Waals surface area (Å²) in [7, 11) is 0. The summed E-state index contributed by atoms with van der Waals surface area (Å²) in [6.07, 6.45) is 4.53. The van der Waals surface area contributed by atoms with Gasteiger partial charge in [0.25, 0.3) is 0 Å². The molecule has 1 N–H and O–H groups in total. The Labute approximate surface area is 160 Å². The molecule has 27 heavy (non-hydrogen) atoms. The van der Waals surface area contributed by atoms with Gasteiger partial charge in [0.05, 0.1) is 0 Å². The Kier molecular flexibility index (Phi) is 5.49. The third kappa shape index (κ3) is 4.88. The molecule has 1 aromatic heterocycles. The topological polar surface area (TPSA) is 62.7 Å². The molecule has 1 unspecified atom stereocenters. The molecule has 1 atom stereocenters. The summed E-state index contributed by atoms with van der Waals surface area (Å²) in [6, 6.07) is 13.4. The number of hydrogen-bond acceptors (Lipinski definition) is 3. The molecule has 5 heteroatoms.